The molecular weight excluding hydrogens is 255 g/mol. The highest BCUT2D eigenvalue weighted by molar-refractivity contribution is 5.82. The van der Waals surface area contributed by atoms with Crippen LogP contribution in [0.25, 0.3) is 0 Å². The van der Waals surface area contributed by atoms with Crippen LogP contribution in [0, 0.1) is 5.92 Å². The van der Waals surface area contributed by atoms with Gasteiger partial charge in [0.25, 0.3) is 0 Å². The Hall–Kier alpha value is -1.12. The molecule has 0 bridgehead atoms. The SMILES string of the molecule is CCOC(=O)/C=C(/C)C(F)CCC(C)CCC=C(C)C. The zero-order valence-electron chi connectivity index (χ0n) is 13.5. The zero-order valence-corrected chi connectivity index (χ0v) is 13.5. The molecule has 0 spiro atoms. The first-order valence-electron chi connectivity index (χ1n) is 7.49. The van der Waals surface area contributed by atoms with E-state index in [0.717, 1.165) is 19.3 Å². The fourth-order valence-electron chi connectivity index (χ4n) is 1.92. The standard InChI is InChI=1S/C17H29FO2/c1-6-20-17(19)12-15(5)16(18)11-10-14(4)9-7-8-13(2)3/h8,12,14,16H,6-7,9-11H2,1-5H3/b15-12-. The predicted octanol–water partition coefficient (Wildman–Crippen LogP) is 5.00. The molecule has 0 aromatic heterocycles. The van der Waals surface area contributed by atoms with Gasteiger partial charge < -0.3 is 4.74 Å². The van der Waals surface area contributed by atoms with Gasteiger partial charge >= 0.3 is 5.97 Å². The van der Waals surface area contributed by atoms with Gasteiger partial charge in [0.1, 0.15) is 6.17 Å². The van der Waals surface area contributed by atoms with Crippen molar-refractivity contribution in [3.05, 3.63) is 23.3 Å². The maximum Gasteiger partial charge on any atom is 0.330 e. The highest BCUT2D eigenvalue weighted by Gasteiger charge is 2.12. The van der Waals surface area contributed by atoms with Crippen molar-refractivity contribution < 1.29 is 13.9 Å². The summed E-state index contributed by atoms with van der Waals surface area (Å²) in [4.78, 5) is 11.2. The van der Waals surface area contributed by atoms with E-state index in [-0.39, 0.29) is 0 Å². The van der Waals surface area contributed by atoms with Gasteiger partial charge in [0.05, 0.1) is 6.61 Å². The topological polar surface area (TPSA) is 26.3 Å². The first-order valence-corrected chi connectivity index (χ1v) is 7.49. The number of alkyl halides is 1. The molecule has 0 fully saturated rings. The molecule has 20 heavy (non-hydrogen) atoms. The van der Waals surface area contributed by atoms with Gasteiger partial charge in [-0.25, -0.2) is 9.18 Å². The van der Waals surface area contributed by atoms with E-state index in [1.54, 1.807) is 13.8 Å². The minimum Gasteiger partial charge on any atom is -0.463 e. The number of esters is 1. The summed E-state index contributed by atoms with van der Waals surface area (Å²) in [6.45, 7) is 10.0. The van der Waals surface area contributed by atoms with E-state index in [0.29, 0.717) is 24.5 Å². The molecule has 0 aliphatic rings. The molecule has 0 radical (unpaired) electrons. The Morgan fingerprint density at radius 3 is 2.40 bits per heavy atom. The lowest BCUT2D eigenvalue weighted by atomic mass is 9.96. The normalized spacial score (nSPS) is 14.6. The summed E-state index contributed by atoms with van der Waals surface area (Å²) in [6, 6.07) is 0. The van der Waals surface area contributed by atoms with Crippen molar-refractivity contribution in [2.24, 2.45) is 5.92 Å². The third-order valence-corrected chi connectivity index (χ3v) is 3.25. The smallest absolute Gasteiger partial charge is 0.330 e. The van der Waals surface area contributed by atoms with Crippen molar-refractivity contribution in [2.75, 3.05) is 6.61 Å². The molecular formula is C17H29FO2. The van der Waals surface area contributed by atoms with Crippen LogP contribution in [0.1, 0.15) is 60.3 Å². The fourth-order valence-corrected chi connectivity index (χ4v) is 1.92. The lowest BCUT2D eigenvalue weighted by molar-refractivity contribution is -0.137. The van der Waals surface area contributed by atoms with Crippen molar-refractivity contribution >= 4 is 5.97 Å². The number of carbonyl (C=O) groups excluding carboxylic acids is 1. The number of hydrogen-bond acceptors (Lipinski definition) is 2. The van der Waals surface area contributed by atoms with E-state index in [4.69, 9.17) is 4.74 Å². The molecule has 0 aromatic carbocycles. The van der Waals surface area contributed by atoms with Crippen LogP contribution in [0.15, 0.2) is 23.3 Å². The Labute approximate surface area is 123 Å². The van der Waals surface area contributed by atoms with Gasteiger partial charge in [-0.05, 0) is 64.9 Å². The van der Waals surface area contributed by atoms with E-state index in [1.165, 1.54) is 11.6 Å². The molecule has 0 saturated heterocycles. The van der Waals surface area contributed by atoms with Crippen molar-refractivity contribution in [2.45, 2.75) is 66.5 Å². The van der Waals surface area contributed by atoms with Gasteiger partial charge in [0.2, 0.25) is 0 Å². The van der Waals surface area contributed by atoms with E-state index in [2.05, 4.69) is 26.8 Å². The first kappa shape index (κ1) is 18.9. The minimum atomic E-state index is -1.05. The molecule has 0 aliphatic carbocycles. The van der Waals surface area contributed by atoms with Gasteiger partial charge in [0.15, 0.2) is 0 Å². The minimum absolute atomic E-state index is 0.320. The molecule has 2 atom stereocenters. The number of ether oxygens (including phenoxy) is 1. The molecule has 0 aromatic rings. The first-order chi connectivity index (χ1) is 9.36. The summed E-state index contributed by atoms with van der Waals surface area (Å²) in [5.74, 6) is 0.0449. The van der Waals surface area contributed by atoms with Crippen molar-refractivity contribution in [1.82, 2.24) is 0 Å². The molecule has 2 unspecified atom stereocenters. The largest absolute Gasteiger partial charge is 0.463 e. The summed E-state index contributed by atoms with van der Waals surface area (Å²) in [7, 11) is 0. The van der Waals surface area contributed by atoms with Crippen LogP contribution in [-0.2, 0) is 9.53 Å². The summed E-state index contributed by atoms with van der Waals surface area (Å²) in [6.07, 6.45) is 5.88. The maximum atomic E-state index is 13.9. The van der Waals surface area contributed by atoms with Crippen LogP contribution in [0.4, 0.5) is 4.39 Å². The lowest BCUT2D eigenvalue weighted by Gasteiger charge is -2.13. The molecule has 0 rings (SSSR count). The van der Waals surface area contributed by atoms with E-state index >= 15 is 0 Å². The van der Waals surface area contributed by atoms with Crippen LogP contribution in [0.3, 0.4) is 0 Å². The van der Waals surface area contributed by atoms with E-state index < -0.39 is 12.1 Å². The van der Waals surface area contributed by atoms with Gasteiger partial charge in [-0.2, -0.15) is 0 Å². The summed E-state index contributed by atoms with van der Waals surface area (Å²) in [5, 5.41) is 0. The zero-order chi connectivity index (χ0) is 15.5. The second-order valence-electron chi connectivity index (χ2n) is 5.65. The number of allylic oxidation sites excluding steroid dienone is 3. The van der Waals surface area contributed by atoms with E-state index in [9.17, 15) is 9.18 Å². The maximum absolute atomic E-state index is 13.9. The third kappa shape index (κ3) is 9.76. The highest BCUT2D eigenvalue weighted by atomic mass is 19.1. The van der Waals surface area contributed by atoms with Gasteiger partial charge in [0, 0.05) is 6.08 Å². The van der Waals surface area contributed by atoms with Gasteiger partial charge in [-0.1, -0.05) is 18.6 Å². The molecule has 0 amide bonds. The molecule has 0 heterocycles. The van der Waals surface area contributed by atoms with Gasteiger partial charge in [-0.3, -0.25) is 0 Å². The Morgan fingerprint density at radius 2 is 1.85 bits per heavy atom. The van der Waals surface area contributed by atoms with Gasteiger partial charge in [-0.15, -0.1) is 0 Å². The van der Waals surface area contributed by atoms with Crippen molar-refractivity contribution in [1.29, 1.82) is 0 Å². The monoisotopic (exact) mass is 284 g/mol. The quantitative estimate of drug-likeness (QED) is 0.338. The Bertz CT molecular complexity index is 341. The van der Waals surface area contributed by atoms with Crippen LogP contribution in [-0.4, -0.2) is 18.7 Å². The number of halogens is 1. The Kier molecular flexibility index (Phi) is 10.0. The number of hydrogen-bond donors (Lipinski definition) is 0. The average molecular weight is 284 g/mol. The van der Waals surface area contributed by atoms with Crippen LogP contribution in [0.5, 0.6) is 0 Å². The number of carbonyl (C=O) groups is 1. The second-order valence-corrected chi connectivity index (χ2v) is 5.65. The Morgan fingerprint density at radius 1 is 1.20 bits per heavy atom. The lowest BCUT2D eigenvalue weighted by Crippen LogP contribution is -2.08. The second kappa shape index (κ2) is 10.6. The van der Waals surface area contributed by atoms with Crippen molar-refractivity contribution in [3.63, 3.8) is 0 Å². The summed E-state index contributed by atoms with van der Waals surface area (Å²) in [5.41, 5.74) is 1.79. The summed E-state index contributed by atoms with van der Waals surface area (Å²) < 4.78 is 18.7. The van der Waals surface area contributed by atoms with E-state index in [1.807, 2.05) is 0 Å². The fraction of sp³-hybridized carbons (Fsp3) is 0.706. The highest BCUT2D eigenvalue weighted by Crippen LogP contribution is 2.20. The third-order valence-electron chi connectivity index (χ3n) is 3.25. The van der Waals surface area contributed by atoms with Crippen LogP contribution >= 0.6 is 0 Å². The van der Waals surface area contributed by atoms with Crippen LogP contribution < -0.4 is 0 Å². The Balaban J connectivity index is 4.05. The summed E-state index contributed by atoms with van der Waals surface area (Å²) >= 11 is 0. The predicted molar refractivity (Wildman–Crippen MR) is 82.3 cm³/mol. The molecule has 0 N–H and O–H groups in total. The molecule has 2 nitrogen and oxygen atoms in total. The molecule has 0 saturated carbocycles. The van der Waals surface area contributed by atoms with Crippen LogP contribution in [0.2, 0.25) is 0 Å². The molecule has 3 heteroatoms. The van der Waals surface area contributed by atoms with Crippen molar-refractivity contribution in [3.8, 4) is 0 Å². The number of rotatable bonds is 9. The molecule has 0 aliphatic heterocycles. The average Bonchev–Trinajstić information content (AvgIpc) is 2.35. The molecule has 116 valence electrons.